The number of hydrogen-bond acceptors (Lipinski definition) is 4. The normalized spacial score (nSPS) is 20.0. The van der Waals surface area contributed by atoms with Gasteiger partial charge in [0.2, 0.25) is 0 Å². The van der Waals surface area contributed by atoms with E-state index < -0.39 is 0 Å². The number of hydrogen-bond donors (Lipinski definition) is 1. The van der Waals surface area contributed by atoms with Crippen molar-refractivity contribution in [3.63, 3.8) is 0 Å². The molecule has 0 spiro atoms. The van der Waals surface area contributed by atoms with E-state index in [9.17, 15) is 0 Å². The summed E-state index contributed by atoms with van der Waals surface area (Å²) in [4.78, 5) is 12.5. The Hall–Kier alpha value is -1.34. The van der Waals surface area contributed by atoms with Crippen LogP contribution in [0.15, 0.2) is 29.3 Å². The van der Waals surface area contributed by atoms with Gasteiger partial charge in [-0.15, -0.1) is 0 Å². The van der Waals surface area contributed by atoms with E-state index in [4.69, 9.17) is 21.3 Å². The van der Waals surface area contributed by atoms with Crippen molar-refractivity contribution in [3.8, 4) is 0 Å². The third kappa shape index (κ3) is 7.41. The van der Waals surface area contributed by atoms with E-state index in [1.807, 2.05) is 12.1 Å². The highest BCUT2D eigenvalue weighted by Crippen LogP contribution is 2.18. The molecule has 2 aliphatic heterocycles. The standard InChI is InChI=1S/C23H38ClN5O/c1-3-25-23(26-18-20-7-9-27(10-8-20)15-16-30-2)29-13-11-28(12-14-29)19-21-5-4-6-22(24)17-21/h4-6,17,20H,3,7-16,18-19H2,1-2H3,(H,25,26). The molecule has 0 radical (unpaired) electrons. The lowest BCUT2D eigenvalue weighted by atomic mass is 9.97. The lowest BCUT2D eigenvalue weighted by Gasteiger charge is -2.37. The highest BCUT2D eigenvalue weighted by Gasteiger charge is 2.22. The van der Waals surface area contributed by atoms with Gasteiger partial charge in [0.25, 0.3) is 0 Å². The van der Waals surface area contributed by atoms with Gasteiger partial charge in [-0.2, -0.15) is 0 Å². The number of methoxy groups -OCH3 is 1. The predicted molar refractivity (Wildman–Crippen MR) is 125 cm³/mol. The molecule has 0 unspecified atom stereocenters. The van der Waals surface area contributed by atoms with Crippen LogP contribution in [-0.2, 0) is 11.3 Å². The number of likely N-dealkylation sites (tertiary alicyclic amines) is 1. The summed E-state index contributed by atoms with van der Waals surface area (Å²) in [6, 6.07) is 8.20. The Kier molecular flexibility index (Phi) is 9.72. The molecule has 0 bridgehead atoms. The van der Waals surface area contributed by atoms with Gasteiger partial charge in [-0.1, -0.05) is 23.7 Å². The smallest absolute Gasteiger partial charge is 0.194 e. The van der Waals surface area contributed by atoms with Gasteiger partial charge in [-0.3, -0.25) is 9.89 Å². The number of piperidine rings is 1. The molecule has 6 nitrogen and oxygen atoms in total. The molecule has 1 aromatic rings. The maximum absolute atomic E-state index is 6.13. The zero-order valence-corrected chi connectivity index (χ0v) is 19.4. The fourth-order valence-corrected chi connectivity index (χ4v) is 4.48. The summed E-state index contributed by atoms with van der Waals surface area (Å²) in [5, 5.41) is 4.33. The summed E-state index contributed by atoms with van der Waals surface area (Å²) < 4.78 is 5.20. The van der Waals surface area contributed by atoms with Crippen LogP contribution >= 0.6 is 11.6 Å². The third-order valence-electron chi connectivity index (χ3n) is 6.12. The molecule has 2 aliphatic rings. The average Bonchev–Trinajstić information content (AvgIpc) is 2.76. The summed E-state index contributed by atoms with van der Waals surface area (Å²) >= 11 is 6.13. The molecular formula is C23H38ClN5O. The summed E-state index contributed by atoms with van der Waals surface area (Å²) in [7, 11) is 1.78. The fraction of sp³-hybridized carbons (Fsp3) is 0.696. The number of nitrogens with zero attached hydrogens (tertiary/aromatic N) is 4. The van der Waals surface area contributed by atoms with E-state index in [-0.39, 0.29) is 0 Å². The maximum atomic E-state index is 6.13. The average molecular weight is 436 g/mol. The number of benzene rings is 1. The molecule has 30 heavy (non-hydrogen) atoms. The van der Waals surface area contributed by atoms with Crippen molar-refractivity contribution in [3.05, 3.63) is 34.9 Å². The first kappa shape index (κ1) is 23.3. The van der Waals surface area contributed by atoms with Gasteiger partial charge < -0.3 is 19.9 Å². The summed E-state index contributed by atoms with van der Waals surface area (Å²) in [6.07, 6.45) is 2.47. The SMILES string of the molecule is CCNC(=NCC1CCN(CCOC)CC1)N1CCN(Cc2cccc(Cl)c2)CC1. The van der Waals surface area contributed by atoms with Crippen molar-refractivity contribution in [2.75, 3.05) is 72.6 Å². The number of nitrogens with one attached hydrogen (secondary N) is 1. The van der Waals surface area contributed by atoms with E-state index in [0.29, 0.717) is 5.92 Å². The van der Waals surface area contributed by atoms with Crippen LogP contribution < -0.4 is 5.32 Å². The minimum Gasteiger partial charge on any atom is -0.383 e. The summed E-state index contributed by atoms with van der Waals surface area (Å²) in [5.74, 6) is 1.78. The first-order valence-corrected chi connectivity index (χ1v) is 11.8. The van der Waals surface area contributed by atoms with Crippen molar-refractivity contribution in [2.24, 2.45) is 10.9 Å². The minimum atomic E-state index is 0.696. The zero-order chi connectivity index (χ0) is 21.2. The Morgan fingerprint density at radius 1 is 1.13 bits per heavy atom. The minimum absolute atomic E-state index is 0.696. The first-order chi connectivity index (χ1) is 14.7. The molecule has 1 N–H and O–H groups in total. The Bertz CT molecular complexity index is 655. The molecule has 0 saturated carbocycles. The van der Waals surface area contributed by atoms with E-state index in [0.717, 1.165) is 69.9 Å². The Morgan fingerprint density at radius 3 is 2.57 bits per heavy atom. The molecule has 1 aromatic carbocycles. The van der Waals surface area contributed by atoms with Crippen LogP contribution in [0.4, 0.5) is 0 Å². The number of rotatable bonds is 8. The Labute approximate surface area is 187 Å². The Balaban J connectivity index is 1.45. The molecule has 168 valence electrons. The maximum Gasteiger partial charge on any atom is 0.194 e. The summed E-state index contributed by atoms with van der Waals surface area (Å²) in [6.45, 7) is 13.3. The predicted octanol–water partition coefficient (Wildman–Crippen LogP) is 2.78. The van der Waals surface area contributed by atoms with Crippen molar-refractivity contribution in [1.82, 2.24) is 20.0 Å². The molecule has 7 heteroatoms. The topological polar surface area (TPSA) is 43.3 Å². The van der Waals surface area contributed by atoms with Crippen LogP contribution in [0.25, 0.3) is 0 Å². The van der Waals surface area contributed by atoms with Crippen molar-refractivity contribution >= 4 is 17.6 Å². The molecule has 0 atom stereocenters. The van der Waals surface area contributed by atoms with Crippen LogP contribution in [0.3, 0.4) is 0 Å². The third-order valence-corrected chi connectivity index (χ3v) is 6.36. The molecular weight excluding hydrogens is 398 g/mol. The van der Waals surface area contributed by atoms with E-state index in [1.165, 1.54) is 31.5 Å². The van der Waals surface area contributed by atoms with Gasteiger partial charge in [-0.05, 0) is 56.5 Å². The molecule has 0 aromatic heterocycles. The largest absolute Gasteiger partial charge is 0.383 e. The monoisotopic (exact) mass is 435 g/mol. The Morgan fingerprint density at radius 2 is 1.90 bits per heavy atom. The highest BCUT2D eigenvalue weighted by atomic mass is 35.5. The van der Waals surface area contributed by atoms with Crippen molar-refractivity contribution in [1.29, 1.82) is 0 Å². The fourth-order valence-electron chi connectivity index (χ4n) is 4.27. The molecule has 2 heterocycles. The van der Waals surface area contributed by atoms with Crippen LogP contribution in [0.1, 0.15) is 25.3 Å². The van der Waals surface area contributed by atoms with Crippen molar-refractivity contribution in [2.45, 2.75) is 26.3 Å². The number of halogens is 1. The second kappa shape index (κ2) is 12.5. The van der Waals surface area contributed by atoms with Crippen LogP contribution in [0.2, 0.25) is 5.02 Å². The number of piperazine rings is 1. The van der Waals surface area contributed by atoms with Gasteiger partial charge in [-0.25, -0.2) is 0 Å². The number of ether oxygens (including phenoxy) is 1. The van der Waals surface area contributed by atoms with Crippen LogP contribution in [0.5, 0.6) is 0 Å². The summed E-state index contributed by atoms with van der Waals surface area (Å²) in [5.41, 5.74) is 1.29. The van der Waals surface area contributed by atoms with Crippen LogP contribution in [0, 0.1) is 5.92 Å². The second-order valence-corrected chi connectivity index (χ2v) is 8.80. The highest BCUT2D eigenvalue weighted by molar-refractivity contribution is 6.30. The van der Waals surface area contributed by atoms with Gasteiger partial charge in [0, 0.05) is 64.5 Å². The molecule has 2 fully saturated rings. The van der Waals surface area contributed by atoms with E-state index >= 15 is 0 Å². The van der Waals surface area contributed by atoms with E-state index in [2.05, 4.69) is 39.1 Å². The lowest BCUT2D eigenvalue weighted by Crippen LogP contribution is -2.52. The first-order valence-electron chi connectivity index (χ1n) is 11.4. The van der Waals surface area contributed by atoms with E-state index in [1.54, 1.807) is 7.11 Å². The molecule has 3 rings (SSSR count). The molecule has 0 aliphatic carbocycles. The quantitative estimate of drug-likeness (QED) is 0.502. The van der Waals surface area contributed by atoms with Gasteiger partial charge in [0.1, 0.15) is 0 Å². The van der Waals surface area contributed by atoms with Gasteiger partial charge in [0.05, 0.1) is 6.61 Å². The van der Waals surface area contributed by atoms with Gasteiger partial charge in [0.15, 0.2) is 5.96 Å². The van der Waals surface area contributed by atoms with Crippen LogP contribution in [-0.4, -0.2) is 93.3 Å². The zero-order valence-electron chi connectivity index (χ0n) is 18.7. The van der Waals surface area contributed by atoms with Gasteiger partial charge >= 0.3 is 0 Å². The second-order valence-electron chi connectivity index (χ2n) is 8.37. The molecule has 2 saturated heterocycles. The number of aliphatic imine (C=N–C) groups is 1. The lowest BCUT2D eigenvalue weighted by molar-refractivity contribution is 0.121. The number of guanidine groups is 1. The molecule has 0 amide bonds. The van der Waals surface area contributed by atoms with Crippen molar-refractivity contribution < 1.29 is 4.74 Å².